The lowest BCUT2D eigenvalue weighted by Crippen LogP contribution is -2.40. The zero-order valence-corrected chi connectivity index (χ0v) is 13.1. The first-order chi connectivity index (χ1) is 10.7. The number of nitrogens with zero attached hydrogens (tertiary/aromatic N) is 4. The molecule has 8 nitrogen and oxygen atoms in total. The van der Waals surface area contributed by atoms with Crippen molar-refractivity contribution in [2.45, 2.75) is 39.4 Å². The monoisotopic (exact) mass is 309 g/mol. The number of fused-ring (bicyclic) bond motifs is 1. The molecule has 22 heavy (non-hydrogen) atoms. The van der Waals surface area contributed by atoms with Crippen molar-refractivity contribution in [2.24, 2.45) is 5.73 Å². The van der Waals surface area contributed by atoms with Gasteiger partial charge in [0.05, 0.1) is 6.33 Å². The van der Waals surface area contributed by atoms with Crippen LogP contribution >= 0.6 is 0 Å². The number of rotatable bonds is 8. The van der Waals surface area contributed by atoms with Gasteiger partial charge in [0, 0.05) is 33.4 Å². The van der Waals surface area contributed by atoms with Crippen molar-refractivity contribution in [1.29, 1.82) is 0 Å². The highest BCUT2D eigenvalue weighted by molar-refractivity contribution is 5.70. The van der Waals surface area contributed by atoms with Crippen LogP contribution in [0.3, 0.4) is 0 Å². The third-order valence-electron chi connectivity index (χ3n) is 3.63. The maximum absolute atomic E-state index is 12.5. The second kappa shape index (κ2) is 7.37. The molecule has 2 aromatic rings. The Balaban J connectivity index is 2.60. The highest BCUT2D eigenvalue weighted by Crippen LogP contribution is 2.08. The Morgan fingerprint density at radius 3 is 2.64 bits per heavy atom. The number of nitrogens with two attached hydrogens (primary N) is 1. The number of ether oxygens (including phenoxy) is 1. The summed E-state index contributed by atoms with van der Waals surface area (Å²) >= 11 is 0. The molecular weight excluding hydrogens is 286 g/mol. The number of aryl methyl sites for hydroxylation is 2. The van der Waals surface area contributed by atoms with Gasteiger partial charge in [-0.1, -0.05) is 0 Å². The van der Waals surface area contributed by atoms with Crippen LogP contribution in [0.4, 0.5) is 0 Å². The first-order valence-electron chi connectivity index (χ1n) is 7.53. The molecule has 0 aromatic carbocycles. The maximum Gasteiger partial charge on any atom is 0.332 e. The van der Waals surface area contributed by atoms with Gasteiger partial charge in [0.2, 0.25) is 0 Å². The van der Waals surface area contributed by atoms with E-state index in [4.69, 9.17) is 10.5 Å². The lowest BCUT2D eigenvalue weighted by molar-refractivity contribution is 0.190. The van der Waals surface area contributed by atoms with Crippen LogP contribution in [0.1, 0.15) is 19.8 Å². The van der Waals surface area contributed by atoms with Crippen LogP contribution in [0.2, 0.25) is 0 Å². The highest BCUT2D eigenvalue weighted by atomic mass is 16.5. The largest absolute Gasteiger partial charge is 0.385 e. The summed E-state index contributed by atoms with van der Waals surface area (Å²) in [6.45, 7) is 4.29. The average molecular weight is 309 g/mol. The van der Waals surface area contributed by atoms with Gasteiger partial charge < -0.3 is 15.0 Å². The molecule has 0 saturated heterocycles. The quantitative estimate of drug-likeness (QED) is 0.679. The Morgan fingerprint density at radius 2 is 2.00 bits per heavy atom. The molecule has 8 heteroatoms. The molecule has 2 N–H and O–H groups in total. The fourth-order valence-electron chi connectivity index (χ4n) is 2.52. The summed E-state index contributed by atoms with van der Waals surface area (Å²) in [4.78, 5) is 29.3. The second-order valence-corrected chi connectivity index (χ2v) is 5.08. The molecule has 0 aliphatic carbocycles. The van der Waals surface area contributed by atoms with Gasteiger partial charge in [-0.25, -0.2) is 9.78 Å². The summed E-state index contributed by atoms with van der Waals surface area (Å²) in [7, 11) is 1.62. The van der Waals surface area contributed by atoms with Crippen molar-refractivity contribution in [3.63, 3.8) is 0 Å². The lowest BCUT2D eigenvalue weighted by atomic mass is 10.4. The number of imidazole rings is 1. The minimum absolute atomic E-state index is 0.292. The highest BCUT2D eigenvalue weighted by Gasteiger charge is 2.16. The summed E-state index contributed by atoms with van der Waals surface area (Å²) in [5.74, 6) is 0. The van der Waals surface area contributed by atoms with Crippen molar-refractivity contribution in [3.05, 3.63) is 27.2 Å². The van der Waals surface area contributed by atoms with Crippen LogP contribution in [0.25, 0.3) is 11.2 Å². The molecule has 2 aromatic heterocycles. The van der Waals surface area contributed by atoms with Gasteiger partial charge in [0.15, 0.2) is 11.2 Å². The average Bonchev–Trinajstić information content (AvgIpc) is 2.93. The van der Waals surface area contributed by atoms with E-state index in [0.29, 0.717) is 50.4 Å². The summed E-state index contributed by atoms with van der Waals surface area (Å²) in [6.07, 6.45) is 3.04. The summed E-state index contributed by atoms with van der Waals surface area (Å²) in [5, 5.41) is 0. The third-order valence-corrected chi connectivity index (χ3v) is 3.63. The van der Waals surface area contributed by atoms with Crippen molar-refractivity contribution < 1.29 is 4.74 Å². The predicted molar refractivity (Wildman–Crippen MR) is 84.1 cm³/mol. The van der Waals surface area contributed by atoms with Gasteiger partial charge >= 0.3 is 5.69 Å². The second-order valence-electron chi connectivity index (χ2n) is 5.08. The molecule has 0 fully saturated rings. The SMILES string of the molecule is CCn1c(=O)c2c(ncn2CCCN)n(CCCOC)c1=O. The van der Waals surface area contributed by atoms with Crippen molar-refractivity contribution in [2.75, 3.05) is 20.3 Å². The van der Waals surface area contributed by atoms with Crippen LogP contribution in [0, 0.1) is 0 Å². The van der Waals surface area contributed by atoms with E-state index in [-0.39, 0.29) is 11.2 Å². The Morgan fingerprint density at radius 1 is 1.23 bits per heavy atom. The Bertz CT molecular complexity index is 743. The van der Waals surface area contributed by atoms with E-state index >= 15 is 0 Å². The molecule has 0 bridgehead atoms. The molecular formula is C14H23N5O3. The van der Waals surface area contributed by atoms with Gasteiger partial charge in [0.1, 0.15) is 0 Å². The summed E-state index contributed by atoms with van der Waals surface area (Å²) in [6, 6.07) is 0. The fraction of sp³-hybridized carbons (Fsp3) is 0.643. The van der Waals surface area contributed by atoms with E-state index in [9.17, 15) is 9.59 Å². The number of hydrogen-bond donors (Lipinski definition) is 1. The first-order valence-corrected chi connectivity index (χ1v) is 7.53. The maximum atomic E-state index is 12.5. The first kappa shape index (κ1) is 16.4. The molecule has 0 spiro atoms. The standard InChI is InChI=1S/C14H23N5O3/c1-3-18-13(20)11-12(16-10-17(11)7-4-6-15)19(14(18)21)8-5-9-22-2/h10H,3-9,15H2,1-2H3. The van der Waals surface area contributed by atoms with E-state index in [0.717, 1.165) is 6.42 Å². The molecule has 0 radical (unpaired) electrons. The normalized spacial score (nSPS) is 11.4. The number of methoxy groups -OCH3 is 1. The zero-order valence-electron chi connectivity index (χ0n) is 13.1. The number of aromatic nitrogens is 4. The topological polar surface area (TPSA) is 97.1 Å². The van der Waals surface area contributed by atoms with Crippen LogP contribution in [0.15, 0.2) is 15.9 Å². The minimum atomic E-state index is -0.319. The zero-order chi connectivity index (χ0) is 16.1. The molecule has 2 heterocycles. The number of hydrogen-bond acceptors (Lipinski definition) is 5. The van der Waals surface area contributed by atoms with Gasteiger partial charge in [-0.15, -0.1) is 0 Å². The van der Waals surface area contributed by atoms with Crippen molar-refractivity contribution in [3.8, 4) is 0 Å². The molecule has 2 rings (SSSR count). The van der Waals surface area contributed by atoms with Crippen LogP contribution in [0.5, 0.6) is 0 Å². The van der Waals surface area contributed by atoms with Gasteiger partial charge in [-0.2, -0.15) is 0 Å². The van der Waals surface area contributed by atoms with E-state index in [1.165, 1.54) is 4.57 Å². The molecule has 0 saturated carbocycles. The Hall–Kier alpha value is -1.93. The molecule has 0 aliphatic rings. The molecule has 0 amide bonds. The van der Waals surface area contributed by atoms with E-state index in [1.807, 2.05) is 0 Å². The molecule has 0 atom stereocenters. The fourth-order valence-corrected chi connectivity index (χ4v) is 2.52. The Labute approximate surface area is 128 Å². The minimum Gasteiger partial charge on any atom is -0.385 e. The van der Waals surface area contributed by atoms with Crippen LogP contribution in [-0.4, -0.2) is 38.9 Å². The van der Waals surface area contributed by atoms with Crippen molar-refractivity contribution in [1.82, 2.24) is 18.7 Å². The van der Waals surface area contributed by atoms with Gasteiger partial charge in [-0.05, 0) is 26.3 Å². The van der Waals surface area contributed by atoms with Crippen LogP contribution in [-0.2, 0) is 24.4 Å². The smallest absolute Gasteiger partial charge is 0.332 e. The lowest BCUT2D eigenvalue weighted by Gasteiger charge is -2.11. The predicted octanol–water partition coefficient (Wildman–Crippen LogP) is -0.235. The molecule has 0 aliphatic heterocycles. The Kier molecular flexibility index (Phi) is 5.51. The molecule has 122 valence electrons. The van der Waals surface area contributed by atoms with Crippen LogP contribution < -0.4 is 17.0 Å². The summed E-state index contributed by atoms with van der Waals surface area (Å²) < 4.78 is 9.61. The van der Waals surface area contributed by atoms with E-state index < -0.39 is 0 Å². The van der Waals surface area contributed by atoms with Gasteiger partial charge in [-0.3, -0.25) is 13.9 Å². The van der Waals surface area contributed by atoms with E-state index in [1.54, 1.807) is 29.5 Å². The third kappa shape index (κ3) is 2.97. The van der Waals surface area contributed by atoms with Crippen molar-refractivity contribution >= 4 is 11.2 Å². The molecule has 0 unspecified atom stereocenters. The van der Waals surface area contributed by atoms with E-state index in [2.05, 4.69) is 4.98 Å². The van der Waals surface area contributed by atoms with Gasteiger partial charge in [0.25, 0.3) is 5.56 Å². The summed E-state index contributed by atoms with van der Waals surface area (Å²) in [5.41, 5.74) is 5.82.